The van der Waals surface area contributed by atoms with Crippen molar-refractivity contribution in [3.63, 3.8) is 0 Å². The molecule has 1 unspecified atom stereocenters. The number of nitrogens with one attached hydrogen (secondary N) is 1. The van der Waals surface area contributed by atoms with Crippen LogP contribution >= 0.6 is 0 Å². The Morgan fingerprint density at radius 2 is 2.44 bits per heavy atom. The number of hydrogen-bond acceptors (Lipinski definition) is 4. The minimum absolute atomic E-state index is 0.234. The molecule has 6 heteroatoms. The van der Waals surface area contributed by atoms with Crippen molar-refractivity contribution >= 4 is 17.6 Å². The molecule has 1 amide bonds. The number of aryl methyl sites for hydroxylation is 1. The smallest absolute Gasteiger partial charge is 0.273 e. The molecule has 2 rings (SSSR count). The Morgan fingerprint density at radius 3 is 2.94 bits per heavy atom. The summed E-state index contributed by atoms with van der Waals surface area (Å²) < 4.78 is 1.73. The lowest BCUT2D eigenvalue weighted by Gasteiger charge is -2.19. The molecule has 1 atom stereocenters. The van der Waals surface area contributed by atoms with Gasteiger partial charge in [-0.25, -0.2) is 4.98 Å². The fourth-order valence-electron chi connectivity index (χ4n) is 1.57. The molecule has 6 nitrogen and oxygen atoms in total. The molecule has 0 saturated heterocycles. The Morgan fingerprint density at radius 1 is 1.69 bits per heavy atom. The van der Waals surface area contributed by atoms with E-state index in [1.165, 1.54) is 0 Å². The first-order valence-corrected chi connectivity index (χ1v) is 5.02. The van der Waals surface area contributed by atoms with Gasteiger partial charge in [-0.3, -0.25) is 10.1 Å². The van der Waals surface area contributed by atoms with E-state index >= 15 is 0 Å². The van der Waals surface area contributed by atoms with Crippen LogP contribution in [0.4, 0.5) is 5.95 Å². The summed E-state index contributed by atoms with van der Waals surface area (Å²) in [5.74, 6) is 0.266. The molecule has 0 bridgehead atoms. The maximum Gasteiger partial charge on any atom is 0.273 e. The van der Waals surface area contributed by atoms with Gasteiger partial charge in [0.15, 0.2) is 0 Å². The SMILES string of the molecule is CC1=NOC(C)(C(=O)Nc2nccn2C)C1. The van der Waals surface area contributed by atoms with E-state index in [0.717, 1.165) is 5.71 Å². The Labute approximate surface area is 93.3 Å². The second kappa shape index (κ2) is 3.62. The monoisotopic (exact) mass is 222 g/mol. The summed E-state index contributed by atoms with van der Waals surface area (Å²) in [6, 6.07) is 0. The zero-order valence-electron chi connectivity index (χ0n) is 9.52. The normalized spacial score (nSPS) is 23.8. The third kappa shape index (κ3) is 1.78. The van der Waals surface area contributed by atoms with E-state index in [9.17, 15) is 4.79 Å². The van der Waals surface area contributed by atoms with Crippen LogP contribution in [0.15, 0.2) is 17.5 Å². The van der Waals surface area contributed by atoms with Crippen molar-refractivity contribution in [3.05, 3.63) is 12.4 Å². The second-order valence-corrected chi connectivity index (χ2v) is 4.14. The van der Waals surface area contributed by atoms with Crippen LogP contribution in [0.2, 0.25) is 0 Å². The quantitative estimate of drug-likeness (QED) is 0.808. The summed E-state index contributed by atoms with van der Waals surface area (Å²) in [6.45, 7) is 3.55. The number of amides is 1. The number of anilines is 1. The Balaban J connectivity index is 2.07. The second-order valence-electron chi connectivity index (χ2n) is 4.14. The molecule has 2 heterocycles. The third-order valence-corrected chi connectivity index (χ3v) is 2.52. The molecule has 1 aromatic rings. The molecule has 1 aromatic heterocycles. The average Bonchev–Trinajstić information content (AvgIpc) is 2.76. The van der Waals surface area contributed by atoms with Crippen LogP contribution in [0.3, 0.4) is 0 Å². The number of oxime groups is 1. The molecule has 0 saturated carbocycles. The van der Waals surface area contributed by atoms with Crippen molar-refractivity contribution in [2.75, 3.05) is 5.32 Å². The summed E-state index contributed by atoms with van der Waals surface area (Å²) in [7, 11) is 1.81. The highest BCUT2D eigenvalue weighted by molar-refractivity contribution is 6.00. The van der Waals surface area contributed by atoms with Gasteiger partial charge in [0.2, 0.25) is 11.5 Å². The van der Waals surface area contributed by atoms with Gasteiger partial charge in [-0.05, 0) is 13.8 Å². The number of carbonyl (C=O) groups excluding carboxylic acids is 1. The zero-order chi connectivity index (χ0) is 11.8. The van der Waals surface area contributed by atoms with Crippen molar-refractivity contribution in [1.29, 1.82) is 0 Å². The molecule has 0 aromatic carbocycles. The van der Waals surface area contributed by atoms with Crippen molar-refractivity contribution < 1.29 is 9.63 Å². The van der Waals surface area contributed by atoms with Crippen LogP contribution in [0.1, 0.15) is 20.3 Å². The predicted molar refractivity (Wildman–Crippen MR) is 59.1 cm³/mol. The fourth-order valence-corrected chi connectivity index (χ4v) is 1.57. The van der Waals surface area contributed by atoms with E-state index in [-0.39, 0.29) is 5.91 Å². The Hall–Kier alpha value is -1.85. The summed E-state index contributed by atoms with van der Waals surface area (Å²) in [6.07, 6.45) is 3.88. The number of hydrogen-bond donors (Lipinski definition) is 1. The first kappa shape index (κ1) is 10.7. The van der Waals surface area contributed by atoms with Crippen molar-refractivity contribution in [3.8, 4) is 0 Å². The standard InChI is InChI=1S/C10H14N4O2/c1-7-6-10(2,16-13-7)8(15)12-9-11-4-5-14(9)3/h4-5H,6H2,1-3H3,(H,11,12,15). The predicted octanol–water partition coefficient (Wildman–Crippen LogP) is 0.913. The van der Waals surface area contributed by atoms with Gasteiger partial charge in [0, 0.05) is 25.9 Å². The van der Waals surface area contributed by atoms with E-state index in [4.69, 9.17) is 4.84 Å². The molecule has 86 valence electrons. The van der Waals surface area contributed by atoms with E-state index in [1.54, 1.807) is 23.9 Å². The number of aromatic nitrogens is 2. The van der Waals surface area contributed by atoms with E-state index in [1.807, 2.05) is 14.0 Å². The van der Waals surface area contributed by atoms with Crippen molar-refractivity contribution in [2.24, 2.45) is 12.2 Å². The first-order valence-electron chi connectivity index (χ1n) is 5.02. The van der Waals surface area contributed by atoms with Crippen LogP contribution < -0.4 is 5.32 Å². The van der Waals surface area contributed by atoms with Crippen molar-refractivity contribution in [2.45, 2.75) is 25.9 Å². The number of carbonyl (C=O) groups is 1. The van der Waals surface area contributed by atoms with Gasteiger partial charge in [0.25, 0.3) is 5.91 Å². The minimum Gasteiger partial charge on any atom is -0.379 e. The van der Waals surface area contributed by atoms with Crippen LogP contribution in [0.5, 0.6) is 0 Å². The highest BCUT2D eigenvalue weighted by Gasteiger charge is 2.41. The largest absolute Gasteiger partial charge is 0.379 e. The van der Waals surface area contributed by atoms with Gasteiger partial charge in [0.1, 0.15) is 0 Å². The summed E-state index contributed by atoms with van der Waals surface area (Å²) in [4.78, 5) is 21.1. The van der Waals surface area contributed by atoms with E-state index in [0.29, 0.717) is 12.4 Å². The topological polar surface area (TPSA) is 68.5 Å². The average molecular weight is 222 g/mol. The van der Waals surface area contributed by atoms with Crippen LogP contribution in [0, 0.1) is 0 Å². The fraction of sp³-hybridized carbons (Fsp3) is 0.500. The van der Waals surface area contributed by atoms with Gasteiger partial charge < -0.3 is 9.40 Å². The molecule has 1 N–H and O–H groups in total. The number of rotatable bonds is 2. The van der Waals surface area contributed by atoms with Gasteiger partial charge in [-0.2, -0.15) is 0 Å². The Kier molecular flexibility index (Phi) is 2.41. The highest BCUT2D eigenvalue weighted by atomic mass is 16.7. The number of imidazole rings is 1. The van der Waals surface area contributed by atoms with E-state index in [2.05, 4.69) is 15.5 Å². The summed E-state index contributed by atoms with van der Waals surface area (Å²) >= 11 is 0. The lowest BCUT2D eigenvalue weighted by Crippen LogP contribution is -2.40. The lowest BCUT2D eigenvalue weighted by atomic mass is 10.00. The van der Waals surface area contributed by atoms with Crippen LogP contribution in [0.25, 0.3) is 0 Å². The van der Waals surface area contributed by atoms with Crippen LogP contribution in [-0.2, 0) is 16.7 Å². The molecule has 0 spiro atoms. The van der Waals surface area contributed by atoms with Gasteiger partial charge in [-0.1, -0.05) is 5.16 Å². The van der Waals surface area contributed by atoms with E-state index < -0.39 is 5.60 Å². The number of nitrogens with zero attached hydrogens (tertiary/aromatic N) is 3. The maximum atomic E-state index is 12.0. The molecular formula is C10H14N4O2. The molecule has 16 heavy (non-hydrogen) atoms. The van der Waals surface area contributed by atoms with Gasteiger partial charge >= 0.3 is 0 Å². The minimum atomic E-state index is -0.921. The molecule has 1 aliphatic heterocycles. The summed E-state index contributed by atoms with van der Waals surface area (Å²) in [5.41, 5.74) is -0.103. The van der Waals surface area contributed by atoms with Gasteiger partial charge in [0.05, 0.1) is 5.71 Å². The molecule has 0 radical (unpaired) electrons. The van der Waals surface area contributed by atoms with Crippen molar-refractivity contribution in [1.82, 2.24) is 9.55 Å². The highest BCUT2D eigenvalue weighted by Crippen LogP contribution is 2.24. The van der Waals surface area contributed by atoms with Crippen LogP contribution in [-0.4, -0.2) is 26.8 Å². The third-order valence-electron chi connectivity index (χ3n) is 2.52. The molecule has 1 aliphatic rings. The molecule has 0 fully saturated rings. The molecule has 0 aliphatic carbocycles. The zero-order valence-corrected chi connectivity index (χ0v) is 9.52. The Bertz CT molecular complexity index is 451. The summed E-state index contributed by atoms with van der Waals surface area (Å²) in [5, 5.41) is 6.50. The van der Waals surface area contributed by atoms with Gasteiger partial charge in [-0.15, -0.1) is 0 Å². The molecular weight excluding hydrogens is 208 g/mol. The maximum absolute atomic E-state index is 12.0. The first-order chi connectivity index (χ1) is 7.51. The lowest BCUT2D eigenvalue weighted by molar-refractivity contribution is -0.136.